The Morgan fingerprint density at radius 3 is 2.80 bits per heavy atom. The van der Waals surface area contributed by atoms with Gasteiger partial charge in [0, 0.05) is 19.1 Å². The Kier molecular flexibility index (Phi) is 2.59. The second-order valence-corrected chi connectivity index (χ2v) is 3.56. The zero-order valence-corrected chi connectivity index (χ0v) is 8.22. The van der Waals surface area contributed by atoms with E-state index in [0.717, 1.165) is 12.8 Å². The summed E-state index contributed by atoms with van der Waals surface area (Å²) in [5.74, 6) is 5.46. The summed E-state index contributed by atoms with van der Waals surface area (Å²) in [6, 6.07) is 0. The van der Waals surface area contributed by atoms with Gasteiger partial charge in [0.1, 0.15) is 5.82 Å². The third kappa shape index (κ3) is 1.80. The maximum Gasteiger partial charge on any atom is 0.356 e. The number of carbonyl (C=O) groups is 1. The quantitative estimate of drug-likeness (QED) is 0.681. The summed E-state index contributed by atoms with van der Waals surface area (Å²) in [7, 11) is 0. The molecule has 1 aromatic heterocycles. The summed E-state index contributed by atoms with van der Waals surface area (Å²) in [5, 5.41) is 8.81. The molecule has 6 nitrogen and oxygen atoms in total. The molecule has 2 rings (SSSR count). The molecular weight excluding hydrogens is 198 g/mol. The average Bonchev–Trinajstić information content (AvgIpc) is 2.61. The van der Waals surface area contributed by atoms with Crippen molar-refractivity contribution < 1.29 is 14.6 Å². The fraction of sp³-hybridized carbons (Fsp3) is 0.556. The molecule has 82 valence electrons. The normalized spacial score (nSPS) is 17.9. The Bertz CT molecular complexity index is 369. The van der Waals surface area contributed by atoms with Crippen LogP contribution in [0.25, 0.3) is 0 Å². The maximum absolute atomic E-state index is 10.8. The van der Waals surface area contributed by atoms with Crippen LogP contribution in [0.1, 0.15) is 35.1 Å². The monoisotopic (exact) mass is 211 g/mol. The molecule has 1 saturated heterocycles. The van der Waals surface area contributed by atoms with E-state index in [2.05, 4.69) is 4.98 Å². The molecule has 1 fully saturated rings. The third-order valence-corrected chi connectivity index (χ3v) is 2.63. The molecule has 2 heterocycles. The molecule has 0 saturated carbocycles. The number of nitrogens with zero attached hydrogens (tertiary/aromatic N) is 2. The molecule has 0 unspecified atom stereocenters. The van der Waals surface area contributed by atoms with E-state index in [9.17, 15) is 4.79 Å². The molecule has 0 aliphatic carbocycles. The Balaban J connectivity index is 2.24. The molecular formula is C9H13N3O3. The second kappa shape index (κ2) is 3.90. The molecule has 0 aromatic carbocycles. The second-order valence-electron chi connectivity index (χ2n) is 3.56. The van der Waals surface area contributed by atoms with Gasteiger partial charge in [-0.3, -0.25) is 0 Å². The average molecular weight is 211 g/mol. The van der Waals surface area contributed by atoms with Gasteiger partial charge in [-0.1, -0.05) is 0 Å². The molecule has 1 aliphatic heterocycles. The topological polar surface area (TPSA) is 90.4 Å². The smallest absolute Gasteiger partial charge is 0.356 e. The zero-order valence-electron chi connectivity index (χ0n) is 8.22. The highest BCUT2D eigenvalue weighted by molar-refractivity contribution is 5.85. The lowest BCUT2D eigenvalue weighted by atomic mass is 10.00. The SMILES string of the molecule is Nn1c(C(=O)O)cnc1C1CCOCC1. The van der Waals surface area contributed by atoms with Gasteiger partial charge in [0.25, 0.3) is 0 Å². The Morgan fingerprint density at radius 1 is 1.60 bits per heavy atom. The fourth-order valence-corrected chi connectivity index (χ4v) is 1.79. The number of rotatable bonds is 2. The van der Waals surface area contributed by atoms with E-state index in [1.165, 1.54) is 10.9 Å². The van der Waals surface area contributed by atoms with Gasteiger partial charge in [0.05, 0.1) is 6.20 Å². The minimum absolute atomic E-state index is 0.0245. The van der Waals surface area contributed by atoms with E-state index in [0.29, 0.717) is 19.0 Å². The predicted octanol–water partition coefficient (Wildman–Crippen LogP) is 0.189. The van der Waals surface area contributed by atoms with Crippen LogP contribution in [-0.4, -0.2) is 33.9 Å². The first-order valence-electron chi connectivity index (χ1n) is 4.84. The number of hydrogen-bond donors (Lipinski definition) is 2. The van der Waals surface area contributed by atoms with Crippen molar-refractivity contribution in [3.63, 3.8) is 0 Å². The Labute approximate surface area is 86.6 Å². The summed E-state index contributed by atoms with van der Waals surface area (Å²) in [6.07, 6.45) is 2.98. The minimum atomic E-state index is -1.05. The molecule has 1 aliphatic rings. The van der Waals surface area contributed by atoms with Crippen LogP contribution in [0.2, 0.25) is 0 Å². The maximum atomic E-state index is 10.8. The molecule has 0 spiro atoms. The summed E-state index contributed by atoms with van der Waals surface area (Å²) < 4.78 is 6.39. The van der Waals surface area contributed by atoms with Crippen molar-refractivity contribution in [2.45, 2.75) is 18.8 Å². The van der Waals surface area contributed by atoms with Crippen molar-refractivity contribution in [3.05, 3.63) is 17.7 Å². The van der Waals surface area contributed by atoms with Crippen LogP contribution in [-0.2, 0) is 4.74 Å². The van der Waals surface area contributed by atoms with Crippen molar-refractivity contribution >= 4 is 5.97 Å². The number of nitrogen functional groups attached to an aromatic ring is 1. The van der Waals surface area contributed by atoms with Gasteiger partial charge in [-0.15, -0.1) is 0 Å². The number of hydrogen-bond acceptors (Lipinski definition) is 4. The van der Waals surface area contributed by atoms with Gasteiger partial charge in [-0.05, 0) is 12.8 Å². The van der Waals surface area contributed by atoms with Crippen LogP contribution < -0.4 is 5.84 Å². The predicted molar refractivity (Wildman–Crippen MR) is 52.1 cm³/mol. The van der Waals surface area contributed by atoms with Gasteiger partial charge in [0.15, 0.2) is 5.69 Å². The van der Waals surface area contributed by atoms with Gasteiger partial charge in [-0.2, -0.15) is 0 Å². The molecule has 15 heavy (non-hydrogen) atoms. The first-order chi connectivity index (χ1) is 7.20. The molecule has 0 atom stereocenters. The van der Waals surface area contributed by atoms with Crippen LogP contribution in [0.3, 0.4) is 0 Å². The lowest BCUT2D eigenvalue weighted by Gasteiger charge is -2.21. The molecule has 0 radical (unpaired) electrons. The van der Waals surface area contributed by atoms with E-state index >= 15 is 0 Å². The van der Waals surface area contributed by atoms with E-state index in [1.54, 1.807) is 0 Å². The van der Waals surface area contributed by atoms with Crippen LogP contribution in [0.5, 0.6) is 0 Å². The Hall–Kier alpha value is -1.56. The van der Waals surface area contributed by atoms with Crippen LogP contribution in [0.4, 0.5) is 0 Å². The highest BCUT2D eigenvalue weighted by Crippen LogP contribution is 2.25. The summed E-state index contributed by atoms with van der Waals surface area (Å²) in [4.78, 5) is 14.8. The van der Waals surface area contributed by atoms with Crippen molar-refractivity contribution in [1.29, 1.82) is 0 Å². The number of carboxylic acids is 1. The first kappa shape index (κ1) is 9.97. The summed E-state index contributed by atoms with van der Waals surface area (Å²) in [5.41, 5.74) is 0.0245. The summed E-state index contributed by atoms with van der Waals surface area (Å²) >= 11 is 0. The lowest BCUT2D eigenvalue weighted by molar-refractivity contribution is 0.0685. The van der Waals surface area contributed by atoms with Crippen LogP contribution in [0.15, 0.2) is 6.20 Å². The first-order valence-corrected chi connectivity index (χ1v) is 4.84. The third-order valence-electron chi connectivity index (χ3n) is 2.63. The lowest BCUT2D eigenvalue weighted by Crippen LogP contribution is -2.24. The summed E-state index contributed by atoms with van der Waals surface area (Å²) in [6.45, 7) is 1.36. The molecule has 1 aromatic rings. The van der Waals surface area contributed by atoms with E-state index < -0.39 is 5.97 Å². The molecule has 3 N–H and O–H groups in total. The number of aromatic nitrogens is 2. The van der Waals surface area contributed by atoms with Crippen molar-refractivity contribution in [2.24, 2.45) is 0 Å². The zero-order chi connectivity index (χ0) is 10.8. The highest BCUT2D eigenvalue weighted by atomic mass is 16.5. The van der Waals surface area contributed by atoms with Gasteiger partial charge in [0.2, 0.25) is 0 Å². The number of imidazole rings is 1. The number of nitrogens with two attached hydrogens (primary N) is 1. The van der Waals surface area contributed by atoms with Gasteiger partial charge >= 0.3 is 5.97 Å². The Morgan fingerprint density at radius 2 is 2.27 bits per heavy atom. The molecule has 0 bridgehead atoms. The van der Waals surface area contributed by atoms with Crippen molar-refractivity contribution in [3.8, 4) is 0 Å². The van der Waals surface area contributed by atoms with Crippen molar-refractivity contribution in [1.82, 2.24) is 9.66 Å². The highest BCUT2D eigenvalue weighted by Gasteiger charge is 2.23. The van der Waals surface area contributed by atoms with Gasteiger partial charge < -0.3 is 15.7 Å². The number of aromatic carboxylic acids is 1. The fourth-order valence-electron chi connectivity index (χ4n) is 1.79. The van der Waals surface area contributed by atoms with E-state index in [4.69, 9.17) is 15.7 Å². The van der Waals surface area contributed by atoms with E-state index in [-0.39, 0.29) is 11.6 Å². The van der Waals surface area contributed by atoms with Crippen LogP contribution in [0, 0.1) is 0 Å². The molecule has 6 heteroatoms. The van der Waals surface area contributed by atoms with E-state index in [1.807, 2.05) is 0 Å². The largest absolute Gasteiger partial charge is 0.476 e. The number of carboxylic acid groups (broad SMARTS) is 1. The number of ether oxygens (including phenoxy) is 1. The standard InChI is InChI=1S/C9H13N3O3/c10-12-7(9(13)14)5-11-8(12)6-1-3-15-4-2-6/h5-6H,1-4,10H2,(H,13,14). The molecule has 0 amide bonds. The van der Waals surface area contributed by atoms with Crippen LogP contribution >= 0.6 is 0 Å². The van der Waals surface area contributed by atoms with Gasteiger partial charge in [-0.25, -0.2) is 14.5 Å². The van der Waals surface area contributed by atoms with Crippen molar-refractivity contribution in [2.75, 3.05) is 19.1 Å². The minimum Gasteiger partial charge on any atom is -0.476 e.